The van der Waals surface area contributed by atoms with E-state index in [1.54, 1.807) is 4.90 Å². The molecule has 3 heterocycles. The predicted molar refractivity (Wildman–Crippen MR) is 136 cm³/mol. The number of nitrogens with one attached hydrogen (secondary N) is 1. The maximum Gasteiger partial charge on any atom is 0.257 e. The van der Waals surface area contributed by atoms with E-state index in [1.165, 1.54) is 17.4 Å². The maximum atomic E-state index is 14.7. The first-order valence-corrected chi connectivity index (χ1v) is 13.0. The number of rotatable bonds is 6. The molecule has 7 nitrogen and oxygen atoms in total. The summed E-state index contributed by atoms with van der Waals surface area (Å²) in [4.78, 5) is 42.3. The Balaban J connectivity index is 1.39. The van der Waals surface area contributed by atoms with E-state index in [0.717, 1.165) is 11.1 Å². The molecule has 8 heteroatoms. The normalized spacial score (nSPS) is 27.5. The fourth-order valence-corrected chi connectivity index (χ4v) is 5.89. The Labute approximate surface area is 217 Å². The van der Waals surface area contributed by atoms with Crippen molar-refractivity contribution < 1.29 is 23.5 Å². The van der Waals surface area contributed by atoms with Crippen LogP contribution >= 0.6 is 0 Å². The van der Waals surface area contributed by atoms with Crippen molar-refractivity contribution in [2.24, 2.45) is 0 Å². The number of ether oxygens (including phenoxy) is 1. The van der Waals surface area contributed by atoms with E-state index in [0.29, 0.717) is 12.3 Å². The molecule has 3 amide bonds. The van der Waals surface area contributed by atoms with Crippen LogP contribution in [0.3, 0.4) is 0 Å². The van der Waals surface area contributed by atoms with Crippen molar-refractivity contribution in [2.75, 3.05) is 19.7 Å². The summed E-state index contributed by atoms with van der Waals surface area (Å²) in [7, 11) is 0. The molecule has 0 spiro atoms. The molecule has 0 aliphatic carbocycles. The molecule has 3 fully saturated rings. The van der Waals surface area contributed by atoms with Gasteiger partial charge in [-0.3, -0.25) is 14.4 Å². The molecule has 3 aliphatic rings. The highest BCUT2D eigenvalue weighted by Gasteiger charge is 2.59. The molecule has 5 atom stereocenters. The van der Waals surface area contributed by atoms with E-state index < -0.39 is 35.7 Å². The van der Waals surface area contributed by atoms with Crippen LogP contribution in [0, 0.1) is 0 Å². The Hall–Kier alpha value is -3.26. The summed E-state index contributed by atoms with van der Waals surface area (Å²) in [5.41, 5.74) is 1.80. The van der Waals surface area contributed by atoms with Crippen LogP contribution in [-0.2, 0) is 19.1 Å². The van der Waals surface area contributed by atoms with Gasteiger partial charge in [0, 0.05) is 19.8 Å². The molecule has 1 unspecified atom stereocenters. The number of likely N-dealkylation sites (tertiary alicyclic amines) is 2. The van der Waals surface area contributed by atoms with E-state index in [9.17, 15) is 18.8 Å². The largest absolute Gasteiger partial charge is 0.361 e. The Bertz CT molecular complexity index is 1170. The SMILES string of the molecule is CC(=O)N1C[C@]2(C(=O)N3C[C@H](F)C[C@H]3C(=O)N[C@@H](c3ccccc3)c3ccc(C(C)C)cc3)CC1CO2. The summed E-state index contributed by atoms with van der Waals surface area (Å²) in [6, 6.07) is 16.2. The van der Waals surface area contributed by atoms with Crippen molar-refractivity contribution in [1.82, 2.24) is 15.1 Å². The molecule has 0 aromatic heterocycles. The minimum absolute atomic E-state index is 0.0682. The first kappa shape index (κ1) is 25.4. The van der Waals surface area contributed by atoms with Crippen LogP contribution in [0.4, 0.5) is 4.39 Å². The summed E-state index contributed by atoms with van der Waals surface area (Å²) in [6.45, 7) is 5.98. The van der Waals surface area contributed by atoms with Crippen molar-refractivity contribution in [3.63, 3.8) is 0 Å². The number of benzene rings is 2. The first-order valence-electron chi connectivity index (χ1n) is 13.0. The average molecular weight is 508 g/mol. The summed E-state index contributed by atoms with van der Waals surface area (Å²) >= 11 is 0. The number of morpholine rings is 1. The number of alkyl halides is 1. The minimum atomic E-state index is -1.31. The number of fused-ring (bicyclic) bond motifs is 2. The van der Waals surface area contributed by atoms with Gasteiger partial charge >= 0.3 is 0 Å². The molecule has 0 radical (unpaired) electrons. The predicted octanol–water partition coefficient (Wildman–Crippen LogP) is 3.34. The monoisotopic (exact) mass is 507 g/mol. The van der Waals surface area contributed by atoms with Crippen molar-refractivity contribution >= 4 is 17.7 Å². The van der Waals surface area contributed by atoms with Crippen LogP contribution in [0.15, 0.2) is 54.6 Å². The average Bonchev–Trinajstić information content (AvgIpc) is 3.61. The Kier molecular flexibility index (Phi) is 6.79. The topological polar surface area (TPSA) is 79.0 Å². The Morgan fingerprint density at radius 2 is 1.65 bits per heavy atom. The first-order chi connectivity index (χ1) is 17.7. The van der Waals surface area contributed by atoms with Gasteiger partial charge < -0.3 is 19.9 Å². The Morgan fingerprint density at radius 1 is 1.00 bits per heavy atom. The van der Waals surface area contributed by atoms with Crippen LogP contribution in [0.25, 0.3) is 0 Å². The summed E-state index contributed by atoms with van der Waals surface area (Å²) in [5, 5.41) is 3.10. The maximum absolute atomic E-state index is 14.7. The molecule has 3 aliphatic heterocycles. The number of halogens is 1. The molecule has 1 N–H and O–H groups in total. The van der Waals surface area contributed by atoms with Crippen molar-refractivity contribution in [1.29, 1.82) is 0 Å². The third-order valence-corrected chi connectivity index (χ3v) is 7.95. The molecule has 0 saturated carbocycles. The molecule has 5 rings (SSSR count). The molecule has 2 aromatic carbocycles. The highest BCUT2D eigenvalue weighted by molar-refractivity contribution is 5.94. The van der Waals surface area contributed by atoms with Crippen LogP contribution in [0.5, 0.6) is 0 Å². The number of hydrogen-bond donors (Lipinski definition) is 1. The van der Waals surface area contributed by atoms with Gasteiger partial charge in [-0.05, 0) is 22.6 Å². The second kappa shape index (κ2) is 9.89. The van der Waals surface area contributed by atoms with E-state index in [1.807, 2.05) is 42.5 Å². The lowest BCUT2D eigenvalue weighted by Gasteiger charge is -2.35. The third kappa shape index (κ3) is 4.75. The highest BCUT2D eigenvalue weighted by Crippen LogP contribution is 2.40. The summed E-state index contributed by atoms with van der Waals surface area (Å²) < 4.78 is 20.6. The smallest absolute Gasteiger partial charge is 0.257 e. The van der Waals surface area contributed by atoms with Crippen LogP contribution in [-0.4, -0.2) is 71.1 Å². The molecule has 3 saturated heterocycles. The zero-order chi connectivity index (χ0) is 26.3. The van der Waals surface area contributed by atoms with Gasteiger partial charge in [-0.1, -0.05) is 68.4 Å². The quantitative estimate of drug-likeness (QED) is 0.651. The lowest BCUT2D eigenvalue weighted by molar-refractivity contribution is -0.161. The van der Waals surface area contributed by atoms with Gasteiger partial charge in [0.25, 0.3) is 5.91 Å². The van der Waals surface area contributed by atoms with Gasteiger partial charge in [0.05, 0.1) is 31.8 Å². The van der Waals surface area contributed by atoms with E-state index in [-0.39, 0.29) is 38.1 Å². The number of carbonyl (C=O) groups is 3. The van der Waals surface area contributed by atoms with Crippen molar-refractivity contribution in [2.45, 2.75) is 69.4 Å². The van der Waals surface area contributed by atoms with Gasteiger partial charge in [0.1, 0.15) is 12.2 Å². The number of nitrogens with zero attached hydrogens (tertiary/aromatic N) is 2. The van der Waals surface area contributed by atoms with Gasteiger partial charge in [0.15, 0.2) is 5.60 Å². The van der Waals surface area contributed by atoms with Crippen molar-refractivity contribution in [3.8, 4) is 0 Å². The van der Waals surface area contributed by atoms with Crippen LogP contribution in [0.2, 0.25) is 0 Å². The number of hydrogen-bond acceptors (Lipinski definition) is 4. The molecule has 196 valence electrons. The van der Waals surface area contributed by atoms with E-state index in [2.05, 4.69) is 31.3 Å². The summed E-state index contributed by atoms with van der Waals surface area (Å²) in [5.74, 6) is -0.542. The number of amides is 3. The van der Waals surface area contributed by atoms with E-state index >= 15 is 0 Å². The minimum Gasteiger partial charge on any atom is -0.361 e. The van der Waals surface area contributed by atoms with Crippen LogP contribution < -0.4 is 5.32 Å². The van der Waals surface area contributed by atoms with Crippen molar-refractivity contribution in [3.05, 3.63) is 71.3 Å². The lowest BCUT2D eigenvalue weighted by atomic mass is 9.94. The van der Waals surface area contributed by atoms with Gasteiger partial charge in [-0.2, -0.15) is 0 Å². The molecular weight excluding hydrogens is 473 g/mol. The standard InChI is InChI=1S/C29H34FN3O4/c1-18(2)20-9-11-22(12-10-20)26(21-7-5-4-6-8-21)31-27(35)25-13-23(30)15-32(25)28(36)29-14-24(16-37-29)33(17-29)19(3)34/h4-12,18,23-26H,13-17H2,1-3H3,(H,31,35)/t23-,24?,25+,26+,29+/m1/s1. The fourth-order valence-electron chi connectivity index (χ4n) is 5.89. The third-order valence-electron chi connectivity index (χ3n) is 7.95. The Morgan fingerprint density at radius 3 is 2.27 bits per heavy atom. The lowest BCUT2D eigenvalue weighted by Crippen LogP contribution is -2.57. The fraction of sp³-hybridized carbons (Fsp3) is 0.483. The molecule has 37 heavy (non-hydrogen) atoms. The van der Waals surface area contributed by atoms with Gasteiger partial charge in [-0.25, -0.2) is 4.39 Å². The zero-order valence-corrected chi connectivity index (χ0v) is 21.5. The number of carbonyl (C=O) groups excluding carboxylic acids is 3. The zero-order valence-electron chi connectivity index (χ0n) is 21.5. The van der Waals surface area contributed by atoms with Gasteiger partial charge in [0.2, 0.25) is 11.8 Å². The second-order valence-corrected chi connectivity index (χ2v) is 10.8. The van der Waals surface area contributed by atoms with E-state index in [4.69, 9.17) is 4.74 Å². The molecular formula is C29H34FN3O4. The van der Waals surface area contributed by atoms with Gasteiger partial charge in [-0.15, -0.1) is 0 Å². The molecule has 2 bridgehead atoms. The summed E-state index contributed by atoms with van der Waals surface area (Å²) in [6.07, 6.45) is -0.998. The van der Waals surface area contributed by atoms with Crippen LogP contribution in [0.1, 0.15) is 62.3 Å². The molecule has 2 aromatic rings. The highest BCUT2D eigenvalue weighted by atomic mass is 19.1. The second-order valence-electron chi connectivity index (χ2n) is 10.8.